The van der Waals surface area contributed by atoms with Crippen molar-refractivity contribution < 1.29 is 9.39 Å². The van der Waals surface area contributed by atoms with Crippen LogP contribution in [0.25, 0.3) is 0 Å². The van der Waals surface area contributed by atoms with Crippen molar-refractivity contribution in [3.63, 3.8) is 0 Å². The molecule has 3 rings (SSSR count). The van der Waals surface area contributed by atoms with Crippen LogP contribution in [-0.2, 0) is 4.79 Å². The summed E-state index contributed by atoms with van der Waals surface area (Å²) in [4.78, 5) is 11.4. The summed E-state index contributed by atoms with van der Waals surface area (Å²) in [6.07, 6.45) is 5.15. The molecule has 1 amide bonds. The first-order valence-corrected chi connectivity index (χ1v) is 5.27. The number of hydrogen-bond donors (Lipinski definition) is 1. The van der Waals surface area contributed by atoms with E-state index in [4.69, 9.17) is 5.84 Å². The molecule has 0 atom stereocenters. The Morgan fingerprint density at radius 1 is 1.15 bits per heavy atom. The average molecular weight is 183 g/mol. The Labute approximate surface area is 79.5 Å². The maximum absolute atomic E-state index is 11.4. The first-order chi connectivity index (χ1) is 6.10. The number of amides is 1. The number of nitrogens with two attached hydrogens (primary N) is 1. The minimum absolute atomic E-state index is 0.138. The van der Waals surface area contributed by atoms with Crippen molar-refractivity contribution >= 4 is 5.91 Å². The van der Waals surface area contributed by atoms with Gasteiger partial charge in [-0.2, -0.15) is 10.4 Å². The van der Waals surface area contributed by atoms with Crippen LogP contribution in [0.5, 0.6) is 0 Å². The van der Waals surface area contributed by atoms with Gasteiger partial charge in [0, 0.05) is 11.8 Å². The van der Waals surface area contributed by atoms with Crippen molar-refractivity contribution in [1.29, 1.82) is 0 Å². The van der Waals surface area contributed by atoms with Crippen molar-refractivity contribution in [3.05, 3.63) is 0 Å². The zero-order valence-corrected chi connectivity index (χ0v) is 8.33. The summed E-state index contributed by atoms with van der Waals surface area (Å²) < 4.78 is 0.204. The number of quaternary nitrogens is 1. The zero-order chi connectivity index (χ0) is 9.47. The molecule has 3 nitrogen and oxygen atoms in total. The topological polar surface area (TPSA) is 43.1 Å². The maximum atomic E-state index is 11.4. The van der Waals surface area contributed by atoms with Crippen LogP contribution in [0.3, 0.4) is 0 Å². The molecule has 2 bridgehead atoms. The molecule has 0 spiro atoms. The van der Waals surface area contributed by atoms with Crippen molar-refractivity contribution in [2.45, 2.75) is 32.6 Å². The summed E-state index contributed by atoms with van der Waals surface area (Å²) in [6.45, 7) is 3.39. The van der Waals surface area contributed by atoms with Gasteiger partial charge in [-0.05, 0) is 25.7 Å². The normalized spacial score (nSPS) is 44.5. The van der Waals surface area contributed by atoms with E-state index < -0.39 is 0 Å². The standard InChI is InChI=1S/C10H19N2O/c1-8(13)12(11)6-9-2-3-10(7-12)5-4-9/h9-10H,2-7,11H2,1H3/q+1. The number of nitrogens with zero attached hydrogens (tertiary/aromatic N) is 1. The van der Waals surface area contributed by atoms with Crippen LogP contribution < -0.4 is 5.84 Å². The highest BCUT2D eigenvalue weighted by Gasteiger charge is 2.41. The highest BCUT2D eigenvalue weighted by Crippen LogP contribution is 2.35. The Morgan fingerprint density at radius 2 is 1.54 bits per heavy atom. The molecule has 0 radical (unpaired) electrons. The van der Waals surface area contributed by atoms with Crippen LogP contribution in [0.4, 0.5) is 0 Å². The minimum Gasteiger partial charge on any atom is -0.229 e. The van der Waals surface area contributed by atoms with Crippen LogP contribution in [0.15, 0.2) is 0 Å². The van der Waals surface area contributed by atoms with Crippen LogP contribution in [-0.4, -0.2) is 23.6 Å². The predicted molar refractivity (Wildman–Crippen MR) is 50.3 cm³/mol. The van der Waals surface area contributed by atoms with Crippen molar-refractivity contribution in [2.24, 2.45) is 17.7 Å². The van der Waals surface area contributed by atoms with E-state index in [9.17, 15) is 4.79 Å². The third-order valence-corrected chi connectivity index (χ3v) is 3.76. The Bertz CT molecular complexity index is 205. The highest BCUT2D eigenvalue weighted by atomic mass is 16.2. The molecule has 0 aromatic carbocycles. The number of fused-ring (bicyclic) bond motifs is 4. The van der Waals surface area contributed by atoms with Gasteiger partial charge in [0.05, 0.1) is 6.92 Å². The number of hydrogen-bond acceptors (Lipinski definition) is 2. The number of carbonyl (C=O) groups excluding carboxylic acids is 1. The van der Waals surface area contributed by atoms with E-state index in [1.165, 1.54) is 25.7 Å². The van der Waals surface area contributed by atoms with E-state index in [1.54, 1.807) is 6.92 Å². The molecule has 2 saturated heterocycles. The van der Waals surface area contributed by atoms with Gasteiger partial charge in [0.25, 0.3) is 0 Å². The monoisotopic (exact) mass is 183 g/mol. The van der Waals surface area contributed by atoms with E-state index in [2.05, 4.69) is 0 Å². The van der Waals surface area contributed by atoms with E-state index in [0.717, 1.165) is 13.1 Å². The second-order valence-corrected chi connectivity index (χ2v) is 4.81. The van der Waals surface area contributed by atoms with Gasteiger partial charge in [0.1, 0.15) is 13.1 Å². The Hall–Kier alpha value is -0.410. The summed E-state index contributed by atoms with van der Waals surface area (Å²) in [7, 11) is 0. The highest BCUT2D eigenvalue weighted by molar-refractivity contribution is 5.65. The van der Waals surface area contributed by atoms with Crippen LogP contribution in [0.2, 0.25) is 0 Å². The van der Waals surface area contributed by atoms with E-state index in [0.29, 0.717) is 11.8 Å². The number of carbonyl (C=O) groups is 1. The summed E-state index contributed by atoms with van der Waals surface area (Å²) in [5, 5.41) is 0. The zero-order valence-electron chi connectivity index (χ0n) is 8.33. The molecule has 1 saturated carbocycles. The third kappa shape index (κ3) is 1.63. The molecule has 2 aliphatic heterocycles. The molecule has 3 aliphatic rings. The molecule has 3 fully saturated rings. The summed E-state index contributed by atoms with van der Waals surface area (Å²) in [5.41, 5.74) is 0. The van der Waals surface area contributed by atoms with Crippen LogP contribution >= 0.6 is 0 Å². The lowest BCUT2D eigenvalue weighted by atomic mass is 9.84. The van der Waals surface area contributed by atoms with E-state index in [-0.39, 0.29) is 10.5 Å². The van der Waals surface area contributed by atoms with Gasteiger partial charge in [-0.3, -0.25) is 0 Å². The third-order valence-electron chi connectivity index (χ3n) is 3.76. The van der Waals surface area contributed by atoms with Gasteiger partial charge < -0.3 is 0 Å². The van der Waals surface area contributed by atoms with Crippen LogP contribution in [0, 0.1) is 11.8 Å². The lowest BCUT2D eigenvalue weighted by molar-refractivity contribution is -0.869. The molecule has 0 unspecified atom stereocenters. The molecular weight excluding hydrogens is 164 g/mol. The van der Waals surface area contributed by atoms with Gasteiger partial charge in [0.15, 0.2) is 0 Å². The SMILES string of the molecule is CC(=O)[N+]1(N)CC2CCC(CC2)C1. The van der Waals surface area contributed by atoms with Crippen molar-refractivity contribution in [2.75, 3.05) is 13.1 Å². The molecule has 2 N–H and O–H groups in total. The first-order valence-electron chi connectivity index (χ1n) is 5.27. The Morgan fingerprint density at radius 3 is 1.85 bits per heavy atom. The van der Waals surface area contributed by atoms with Gasteiger partial charge in [-0.15, -0.1) is 0 Å². The molecule has 3 heteroatoms. The van der Waals surface area contributed by atoms with Crippen LogP contribution in [0.1, 0.15) is 32.6 Å². The Balaban J connectivity index is 2.19. The molecule has 2 heterocycles. The second kappa shape index (κ2) is 3.07. The lowest BCUT2D eigenvalue weighted by Crippen LogP contribution is -2.59. The largest absolute Gasteiger partial charge is 0.329 e. The van der Waals surface area contributed by atoms with Crippen molar-refractivity contribution in [1.82, 2.24) is 0 Å². The molecular formula is C10H19N2O+. The average Bonchev–Trinajstić information content (AvgIpc) is 2.32. The fourth-order valence-corrected chi connectivity index (χ4v) is 2.85. The summed E-state index contributed by atoms with van der Waals surface area (Å²) >= 11 is 0. The quantitative estimate of drug-likeness (QED) is 0.346. The maximum Gasteiger partial charge on any atom is 0.329 e. The molecule has 0 aromatic heterocycles. The first kappa shape index (κ1) is 9.16. The molecule has 13 heavy (non-hydrogen) atoms. The van der Waals surface area contributed by atoms with Gasteiger partial charge in [-0.1, -0.05) is 0 Å². The molecule has 0 aromatic rings. The van der Waals surface area contributed by atoms with E-state index in [1.807, 2.05) is 0 Å². The molecule has 1 aliphatic carbocycles. The lowest BCUT2D eigenvalue weighted by Gasteiger charge is -2.29. The van der Waals surface area contributed by atoms with Gasteiger partial charge in [-0.25, -0.2) is 4.79 Å². The second-order valence-electron chi connectivity index (χ2n) is 4.81. The smallest absolute Gasteiger partial charge is 0.229 e. The Kier molecular flexibility index (Phi) is 2.16. The van der Waals surface area contributed by atoms with Crippen molar-refractivity contribution in [3.8, 4) is 0 Å². The fourth-order valence-electron chi connectivity index (χ4n) is 2.85. The summed E-state index contributed by atoms with van der Waals surface area (Å²) in [5.74, 6) is 7.65. The minimum atomic E-state index is 0.138. The van der Waals surface area contributed by atoms with E-state index >= 15 is 0 Å². The van der Waals surface area contributed by atoms with Gasteiger partial charge >= 0.3 is 5.91 Å². The summed E-state index contributed by atoms with van der Waals surface area (Å²) in [6, 6.07) is 0. The predicted octanol–water partition coefficient (Wildman–Crippen LogP) is 1.04. The van der Waals surface area contributed by atoms with Gasteiger partial charge in [0.2, 0.25) is 0 Å². The number of rotatable bonds is 0. The molecule has 74 valence electrons. The fraction of sp³-hybridized carbons (Fsp3) is 0.900.